The molecule has 0 aliphatic heterocycles. The summed E-state index contributed by atoms with van der Waals surface area (Å²) >= 11 is 0. The maximum atomic E-state index is 5.66. The van der Waals surface area contributed by atoms with Gasteiger partial charge in [-0.05, 0) is 24.2 Å². The van der Waals surface area contributed by atoms with E-state index in [4.69, 9.17) is 16.9 Å². The monoisotopic (exact) mass is 232 g/mol. The molecule has 0 saturated heterocycles. The summed E-state index contributed by atoms with van der Waals surface area (Å²) in [6.07, 6.45) is 5.28. The molecule has 0 radical (unpaired) electrons. The van der Waals surface area contributed by atoms with Crippen LogP contribution < -0.4 is 10.5 Å². The van der Waals surface area contributed by atoms with Crippen LogP contribution in [0.4, 0.5) is 0 Å². The molecule has 0 saturated carbocycles. The summed E-state index contributed by atoms with van der Waals surface area (Å²) in [7, 11) is 0. The van der Waals surface area contributed by atoms with Crippen molar-refractivity contribution in [2.45, 2.75) is 13.5 Å². The minimum absolute atomic E-state index is 0.537. The van der Waals surface area contributed by atoms with Gasteiger partial charge < -0.3 is 10.5 Å². The van der Waals surface area contributed by atoms with Gasteiger partial charge in [-0.2, -0.15) is 0 Å². The molecule has 17 heavy (non-hydrogen) atoms. The van der Waals surface area contributed by atoms with Gasteiger partial charge in [-0.1, -0.05) is 25.0 Å². The molecular formula is C14H20N2O. The standard InChI is InChI=1S/C14H20N2O/c1-3-8-16(4-2)9-10-17-14-7-5-6-13(11-14)12-15/h1,5-7,11H,4,8-10,12,15H2,2H3. The number of nitrogens with two attached hydrogens (primary N) is 1. The van der Waals surface area contributed by atoms with E-state index < -0.39 is 0 Å². The minimum atomic E-state index is 0.537. The van der Waals surface area contributed by atoms with E-state index in [2.05, 4.69) is 17.7 Å². The highest BCUT2D eigenvalue weighted by Crippen LogP contribution is 2.12. The van der Waals surface area contributed by atoms with E-state index in [1.807, 2.05) is 24.3 Å². The number of ether oxygens (including phenoxy) is 1. The van der Waals surface area contributed by atoms with E-state index in [9.17, 15) is 0 Å². The van der Waals surface area contributed by atoms with Crippen molar-refractivity contribution in [2.24, 2.45) is 5.73 Å². The lowest BCUT2D eigenvalue weighted by molar-refractivity contribution is 0.231. The Morgan fingerprint density at radius 2 is 2.29 bits per heavy atom. The van der Waals surface area contributed by atoms with Gasteiger partial charge in [-0.3, -0.25) is 4.90 Å². The van der Waals surface area contributed by atoms with Crippen molar-refractivity contribution in [2.75, 3.05) is 26.2 Å². The van der Waals surface area contributed by atoms with Crippen molar-refractivity contribution < 1.29 is 4.74 Å². The van der Waals surface area contributed by atoms with Gasteiger partial charge >= 0.3 is 0 Å². The lowest BCUT2D eigenvalue weighted by atomic mass is 10.2. The summed E-state index contributed by atoms with van der Waals surface area (Å²) < 4.78 is 5.66. The fourth-order valence-corrected chi connectivity index (χ4v) is 1.53. The fourth-order valence-electron chi connectivity index (χ4n) is 1.53. The van der Waals surface area contributed by atoms with Crippen molar-refractivity contribution in [1.82, 2.24) is 4.90 Å². The van der Waals surface area contributed by atoms with Crippen LogP contribution in [0.3, 0.4) is 0 Å². The van der Waals surface area contributed by atoms with E-state index in [1.165, 1.54) is 0 Å². The Morgan fingerprint density at radius 3 is 2.94 bits per heavy atom. The molecular weight excluding hydrogens is 212 g/mol. The highest BCUT2D eigenvalue weighted by molar-refractivity contribution is 5.28. The molecule has 3 heteroatoms. The average molecular weight is 232 g/mol. The molecule has 0 bridgehead atoms. The van der Waals surface area contributed by atoms with Crippen LogP contribution in [0, 0.1) is 12.3 Å². The first-order valence-corrected chi connectivity index (χ1v) is 5.87. The van der Waals surface area contributed by atoms with Gasteiger partial charge in [-0.25, -0.2) is 0 Å². The predicted octanol–water partition coefficient (Wildman–Crippen LogP) is 1.48. The molecule has 1 rings (SSSR count). The van der Waals surface area contributed by atoms with E-state index in [0.29, 0.717) is 19.7 Å². The molecule has 0 amide bonds. The van der Waals surface area contributed by atoms with Gasteiger partial charge in [0.1, 0.15) is 12.4 Å². The Hall–Kier alpha value is -1.50. The predicted molar refractivity (Wildman–Crippen MR) is 70.8 cm³/mol. The molecule has 1 aromatic carbocycles. The van der Waals surface area contributed by atoms with E-state index in [-0.39, 0.29) is 0 Å². The molecule has 0 fully saturated rings. The Morgan fingerprint density at radius 1 is 1.47 bits per heavy atom. The quantitative estimate of drug-likeness (QED) is 0.724. The second kappa shape index (κ2) is 7.72. The Kier molecular flexibility index (Phi) is 6.16. The molecule has 0 spiro atoms. The third kappa shape index (κ3) is 4.90. The first-order chi connectivity index (χ1) is 8.30. The minimum Gasteiger partial charge on any atom is -0.492 e. The van der Waals surface area contributed by atoms with Crippen LogP contribution in [0.2, 0.25) is 0 Å². The second-order valence-electron chi connectivity index (χ2n) is 3.77. The van der Waals surface area contributed by atoms with Gasteiger partial charge in [0.15, 0.2) is 0 Å². The van der Waals surface area contributed by atoms with Gasteiger partial charge in [0, 0.05) is 13.1 Å². The number of hydrogen-bond acceptors (Lipinski definition) is 3. The molecule has 2 N–H and O–H groups in total. The maximum Gasteiger partial charge on any atom is 0.119 e. The normalized spacial score (nSPS) is 10.2. The molecule has 0 aromatic heterocycles. The van der Waals surface area contributed by atoms with Gasteiger partial charge in [0.2, 0.25) is 0 Å². The van der Waals surface area contributed by atoms with Crippen LogP contribution >= 0.6 is 0 Å². The molecule has 0 atom stereocenters. The summed E-state index contributed by atoms with van der Waals surface area (Å²) in [6.45, 7) is 5.72. The number of nitrogens with zero attached hydrogens (tertiary/aromatic N) is 1. The number of hydrogen-bond donors (Lipinski definition) is 1. The van der Waals surface area contributed by atoms with Gasteiger partial charge in [-0.15, -0.1) is 6.42 Å². The Balaban J connectivity index is 2.37. The van der Waals surface area contributed by atoms with Crippen LogP contribution in [0.15, 0.2) is 24.3 Å². The number of benzene rings is 1. The van der Waals surface area contributed by atoms with E-state index >= 15 is 0 Å². The second-order valence-corrected chi connectivity index (χ2v) is 3.77. The maximum absolute atomic E-state index is 5.66. The summed E-state index contributed by atoms with van der Waals surface area (Å²) in [5, 5.41) is 0. The van der Waals surface area contributed by atoms with E-state index in [0.717, 1.165) is 24.4 Å². The zero-order chi connectivity index (χ0) is 12.5. The van der Waals surface area contributed by atoms with Crippen LogP contribution in [0.1, 0.15) is 12.5 Å². The largest absolute Gasteiger partial charge is 0.492 e. The third-order valence-electron chi connectivity index (χ3n) is 2.57. The molecule has 0 unspecified atom stereocenters. The first kappa shape index (κ1) is 13.6. The first-order valence-electron chi connectivity index (χ1n) is 5.87. The summed E-state index contributed by atoms with van der Waals surface area (Å²) in [6, 6.07) is 7.86. The van der Waals surface area contributed by atoms with Crippen molar-refractivity contribution in [3.8, 4) is 18.1 Å². The Bertz CT molecular complexity index is 371. The molecule has 0 heterocycles. The third-order valence-corrected chi connectivity index (χ3v) is 2.57. The number of likely N-dealkylation sites (N-methyl/N-ethyl adjacent to an activating group) is 1. The van der Waals surface area contributed by atoms with Crippen LogP contribution in [0.5, 0.6) is 5.75 Å². The number of terminal acetylenes is 1. The van der Waals surface area contributed by atoms with Crippen LogP contribution in [-0.2, 0) is 6.54 Å². The highest BCUT2D eigenvalue weighted by atomic mass is 16.5. The van der Waals surface area contributed by atoms with Crippen LogP contribution in [0.25, 0.3) is 0 Å². The summed E-state index contributed by atoms with van der Waals surface area (Å²) in [5.74, 6) is 3.50. The zero-order valence-electron chi connectivity index (χ0n) is 10.4. The Labute approximate surface area is 104 Å². The smallest absolute Gasteiger partial charge is 0.119 e. The SMILES string of the molecule is C#CCN(CC)CCOc1cccc(CN)c1. The van der Waals surface area contributed by atoms with Gasteiger partial charge in [0.25, 0.3) is 0 Å². The van der Waals surface area contributed by atoms with Crippen molar-refractivity contribution in [1.29, 1.82) is 0 Å². The van der Waals surface area contributed by atoms with Gasteiger partial charge in [0.05, 0.1) is 6.54 Å². The van der Waals surface area contributed by atoms with Crippen LogP contribution in [-0.4, -0.2) is 31.1 Å². The van der Waals surface area contributed by atoms with Crippen molar-refractivity contribution >= 4 is 0 Å². The zero-order valence-corrected chi connectivity index (χ0v) is 10.4. The highest BCUT2D eigenvalue weighted by Gasteiger charge is 2.00. The van der Waals surface area contributed by atoms with Crippen molar-refractivity contribution in [3.63, 3.8) is 0 Å². The molecule has 0 aliphatic rings. The topological polar surface area (TPSA) is 38.5 Å². The molecule has 92 valence electrons. The summed E-state index contributed by atoms with van der Waals surface area (Å²) in [5.41, 5.74) is 6.65. The summed E-state index contributed by atoms with van der Waals surface area (Å²) in [4.78, 5) is 2.16. The molecule has 1 aromatic rings. The average Bonchev–Trinajstić information content (AvgIpc) is 2.38. The fraction of sp³-hybridized carbons (Fsp3) is 0.429. The lowest BCUT2D eigenvalue weighted by Crippen LogP contribution is -2.28. The molecule has 3 nitrogen and oxygen atoms in total. The lowest BCUT2D eigenvalue weighted by Gasteiger charge is -2.17. The number of rotatable bonds is 7. The van der Waals surface area contributed by atoms with E-state index in [1.54, 1.807) is 0 Å². The molecule has 0 aliphatic carbocycles. The van der Waals surface area contributed by atoms with Crippen molar-refractivity contribution in [3.05, 3.63) is 29.8 Å².